The topological polar surface area (TPSA) is 38.8 Å². The lowest BCUT2D eigenvalue weighted by atomic mass is 9.75. The van der Waals surface area contributed by atoms with Crippen molar-refractivity contribution >= 4 is 35.5 Å². The molecule has 2 aromatic rings. The van der Waals surface area contributed by atoms with E-state index in [0.717, 1.165) is 47.4 Å². The molecule has 0 unspecified atom stereocenters. The number of hydrogen-bond donors (Lipinski definition) is 0. The molecule has 5 rings (SSSR count). The van der Waals surface area contributed by atoms with Crippen molar-refractivity contribution in [1.82, 2.24) is 0 Å². The van der Waals surface area contributed by atoms with Crippen LogP contribution in [-0.2, 0) is 28.6 Å². The van der Waals surface area contributed by atoms with E-state index in [0.29, 0.717) is 0 Å². The standard InChI is InChI=1S/C24H30BNO3S/c1-15-18(25-28-23(2,3)24(4,5)29-25)10-8-11-19(15)26-14-13-17-16-9-6-7-12-20(16)30-21(17)22(26)27/h8,10-11H,6-7,9,12-14H2,1-5H3. The van der Waals surface area contributed by atoms with Crippen molar-refractivity contribution in [3.63, 3.8) is 0 Å². The summed E-state index contributed by atoms with van der Waals surface area (Å²) in [6.45, 7) is 11.1. The van der Waals surface area contributed by atoms with Crippen LogP contribution in [0.4, 0.5) is 5.69 Å². The van der Waals surface area contributed by atoms with Crippen molar-refractivity contribution in [2.45, 2.75) is 77.9 Å². The maximum atomic E-state index is 13.5. The molecule has 3 heterocycles. The highest BCUT2D eigenvalue weighted by Gasteiger charge is 2.52. The van der Waals surface area contributed by atoms with Crippen molar-refractivity contribution in [1.29, 1.82) is 0 Å². The van der Waals surface area contributed by atoms with Crippen molar-refractivity contribution in [2.75, 3.05) is 11.4 Å². The highest BCUT2D eigenvalue weighted by molar-refractivity contribution is 7.14. The number of carbonyl (C=O) groups is 1. The van der Waals surface area contributed by atoms with Gasteiger partial charge in [0.15, 0.2) is 0 Å². The summed E-state index contributed by atoms with van der Waals surface area (Å²) in [7, 11) is -0.417. The van der Waals surface area contributed by atoms with E-state index in [-0.39, 0.29) is 17.1 Å². The summed E-state index contributed by atoms with van der Waals surface area (Å²) >= 11 is 1.74. The van der Waals surface area contributed by atoms with Crippen LogP contribution in [0.25, 0.3) is 0 Å². The maximum absolute atomic E-state index is 13.5. The lowest BCUT2D eigenvalue weighted by Crippen LogP contribution is -2.41. The minimum Gasteiger partial charge on any atom is -0.399 e. The second-order valence-electron chi connectivity index (χ2n) is 9.80. The van der Waals surface area contributed by atoms with Crippen molar-refractivity contribution in [3.8, 4) is 0 Å². The molecule has 1 aromatic heterocycles. The van der Waals surface area contributed by atoms with Crippen LogP contribution in [0.2, 0.25) is 0 Å². The third kappa shape index (κ3) is 2.99. The predicted octanol–water partition coefficient (Wildman–Crippen LogP) is 4.44. The fraction of sp³-hybridized carbons (Fsp3) is 0.542. The van der Waals surface area contributed by atoms with Gasteiger partial charge >= 0.3 is 7.12 Å². The second-order valence-corrected chi connectivity index (χ2v) is 10.9. The SMILES string of the molecule is Cc1c(B2OC(C)(C)C(C)(C)O2)cccc1N1CCc2c(sc3c2CCCC3)C1=O. The molecule has 0 atom stereocenters. The van der Waals surface area contributed by atoms with E-state index in [1.807, 2.05) is 11.0 Å². The molecule has 0 bridgehead atoms. The Balaban J connectivity index is 1.48. The zero-order chi connectivity index (χ0) is 21.3. The molecule has 1 saturated heterocycles. The summed E-state index contributed by atoms with van der Waals surface area (Å²) in [5, 5.41) is 0. The molecule has 6 heteroatoms. The first-order chi connectivity index (χ1) is 14.2. The summed E-state index contributed by atoms with van der Waals surface area (Å²) in [5.74, 6) is 0.157. The Hall–Kier alpha value is -1.63. The van der Waals surface area contributed by atoms with Gasteiger partial charge in [-0.25, -0.2) is 0 Å². The Morgan fingerprint density at radius 3 is 2.43 bits per heavy atom. The fourth-order valence-electron chi connectivity index (χ4n) is 4.90. The highest BCUT2D eigenvalue weighted by Crippen LogP contribution is 2.40. The van der Waals surface area contributed by atoms with Gasteiger partial charge in [-0.15, -0.1) is 11.3 Å². The molecule has 30 heavy (non-hydrogen) atoms. The van der Waals surface area contributed by atoms with Crippen LogP contribution < -0.4 is 10.4 Å². The molecular weight excluding hydrogens is 393 g/mol. The van der Waals surface area contributed by atoms with E-state index in [2.05, 4.69) is 46.8 Å². The zero-order valence-corrected chi connectivity index (χ0v) is 19.4. The first-order valence-electron chi connectivity index (χ1n) is 11.1. The number of benzene rings is 1. The average molecular weight is 423 g/mol. The van der Waals surface area contributed by atoms with Gasteiger partial charge in [-0.1, -0.05) is 12.1 Å². The van der Waals surface area contributed by atoms with Gasteiger partial charge in [-0.05, 0) is 94.9 Å². The molecule has 158 valence electrons. The van der Waals surface area contributed by atoms with Gasteiger partial charge in [-0.2, -0.15) is 0 Å². The number of hydrogen-bond acceptors (Lipinski definition) is 4. The minimum atomic E-state index is -0.417. The van der Waals surface area contributed by atoms with Gasteiger partial charge < -0.3 is 14.2 Å². The van der Waals surface area contributed by atoms with Crippen LogP contribution in [0.15, 0.2) is 18.2 Å². The van der Waals surface area contributed by atoms with Gasteiger partial charge in [0.05, 0.1) is 16.1 Å². The van der Waals surface area contributed by atoms with Crippen LogP contribution in [0.3, 0.4) is 0 Å². The largest absolute Gasteiger partial charge is 0.495 e. The number of rotatable bonds is 2. The summed E-state index contributed by atoms with van der Waals surface area (Å²) in [6.07, 6.45) is 5.73. The van der Waals surface area contributed by atoms with Crippen LogP contribution in [0, 0.1) is 6.92 Å². The van der Waals surface area contributed by atoms with Gasteiger partial charge in [0.1, 0.15) is 0 Å². The van der Waals surface area contributed by atoms with Crippen LogP contribution in [0.1, 0.15) is 71.8 Å². The Kier molecular flexibility index (Phi) is 4.69. The third-order valence-corrected chi connectivity index (χ3v) is 8.77. The smallest absolute Gasteiger partial charge is 0.399 e. The summed E-state index contributed by atoms with van der Waals surface area (Å²) in [4.78, 5) is 17.9. The van der Waals surface area contributed by atoms with E-state index < -0.39 is 7.12 Å². The number of thiophene rings is 1. The number of amides is 1. The van der Waals surface area contributed by atoms with E-state index in [4.69, 9.17) is 9.31 Å². The molecule has 2 aliphatic heterocycles. The van der Waals surface area contributed by atoms with Crippen molar-refractivity contribution < 1.29 is 14.1 Å². The Labute approximate surface area is 183 Å². The average Bonchev–Trinajstić information content (AvgIpc) is 3.17. The first-order valence-corrected chi connectivity index (χ1v) is 11.9. The molecule has 0 spiro atoms. The monoisotopic (exact) mass is 423 g/mol. The molecule has 0 radical (unpaired) electrons. The Morgan fingerprint density at radius 1 is 1.00 bits per heavy atom. The minimum absolute atomic E-state index is 0.157. The van der Waals surface area contributed by atoms with E-state index in [1.165, 1.54) is 28.8 Å². The second kappa shape index (κ2) is 6.94. The molecule has 0 N–H and O–H groups in total. The van der Waals surface area contributed by atoms with E-state index in [9.17, 15) is 4.79 Å². The van der Waals surface area contributed by atoms with Crippen molar-refractivity contribution in [2.24, 2.45) is 0 Å². The number of aryl methyl sites for hydroxylation is 1. The Morgan fingerprint density at radius 2 is 1.70 bits per heavy atom. The zero-order valence-electron chi connectivity index (χ0n) is 18.6. The van der Waals surface area contributed by atoms with E-state index in [1.54, 1.807) is 11.3 Å². The van der Waals surface area contributed by atoms with Gasteiger partial charge in [0.25, 0.3) is 5.91 Å². The fourth-order valence-corrected chi connectivity index (χ4v) is 6.29. The summed E-state index contributed by atoms with van der Waals surface area (Å²) in [6, 6.07) is 6.14. The lowest BCUT2D eigenvalue weighted by molar-refractivity contribution is 0.00578. The highest BCUT2D eigenvalue weighted by atomic mass is 32.1. The molecule has 0 saturated carbocycles. The normalized spacial score (nSPS) is 22.2. The predicted molar refractivity (Wildman–Crippen MR) is 123 cm³/mol. The molecule has 4 nitrogen and oxygen atoms in total. The first kappa shape index (κ1) is 20.3. The Bertz CT molecular complexity index is 1010. The van der Waals surface area contributed by atoms with E-state index >= 15 is 0 Å². The van der Waals surface area contributed by atoms with Crippen LogP contribution in [-0.4, -0.2) is 30.8 Å². The third-order valence-electron chi connectivity index (χ3n) is 7.45. The number of carbonyl (C=O) groups excluding carboxylic acids is 1. The quantitative estimate of drug-likeness (QED) is 0.671. The molecule has 3 aliphatic rings. The summed E-state index contributed by atoms with van der Waals surface area (Å²) in [5.41, 5.74) is 5.10. The number of anilines is 1. The van der Waals surface area contributed by atoms with Gasteiger partial charge in [-0.3, -0.25) is 4.79 Å². The lowest BCUT2D eigenvalue weighted by Gasteiger charge is -2.32. The molecular formula is C24H30BNO3S. The van der Waals surface area contributed by atoms with Gasteiger partial charge in [0, 0.05) is 17.1 Å². The maximum Gasteiger partial charge on any atom is 0.495 e. The molecule has 1 aliphatic carbocycles. The molecule has 1 aromatic carbocycles. The van der Waals surface area contributed by atoms with Crippen LogP contribution >= 0.6 is 11.3 Å². The summed E-state index contributed by atoms with van der Waals surface area (Å²) < 4.78 is 12.6. The molecule has 1 fully saturated rings. The van der Waals surface area contributed by atoms with Crippen molar-refractivity contribution in [3.05, 3.63) is 44.6 Å². The van der Waals surface area contributed by atoms with Crippen LogP contribution in [0.5, 0.6) is 0 Å². The number of nitrogens with zero attached hydrogens (tertiary/aromatic N) is 1. The molecule has 1 amide bonds. The van der Waals surface area contributed by atoms with Gasteiger partial charge in [0.2, 0.25) is 0 Å². The number of fused-ring (bicyclic) bond motifs is 3.